The van der Waals surface area contributed by atoms with Crippen LogP contribution in [0.5, 0.6) is 0 Å². The fraction of sp³-hybridized carbons (Fsp3) is 0.778. The third kappa shape index (κ3) is 9.20. The van der Waals surface area contributed by atoms with Gasteiger partial charge in [-0.1, -0.05) is 34.1 Å². The zero-order chi connectivity index (χ0) is 22.7. The summed E-state index contributed by atoms with van der Waals surface area (Å²) in [5.74, 6) is -3.87. The number of nitrogens with one attached hydrogen (secondary N) is 3. The van der Waals surface area contributed by atoms with Crippen LogP contribution in [0.15, 0.2) is 0 Å². The van der Waals surface area contributed by atoms with Crippen molar-refractivity contribution >= 4 is 23.7 Å². The summed E-state index contributed by atoms with van der Waals surface area (Å²) in [7, 11) is 0. The van der Waals surface area contributed by atoms with Crippen LogP contribution < -0.4 is 21.7 Å². The van der Waals surface area contributed by atoms with Crippen LogP contribution in [0.25, 0.3) is 0 Å². The normalized spacial score (nSPS) is 16.3. The van der Waals surface area contributed by atoms with E-state index in [1.165, 1.54) is 0 Å². The van der Waals surface area contributed by atoms with Crippen LogP contribution in [0.3, 0.4) is 0 Å². The smallest absolute Gasteiger partial charge is 0.328 e. The van der Waals surface area contributed by atoms with Crippen molar-refractivity contribution in [2.45, 2.75) is 64.7 Å². The van der Waals surface area contributed by atoms with Crippen LogP contribution in [0, 0.1) is 11.8 Å². The average Bonchev–Trinajstić information content (AvgIpc) is 2.66. The molecule has 0 spiro atoms. The molecule has 0 aromatic heterocycles. The number of hydrogen-bond acceptors (Lipinski definition) is 7. The second kappa shape index (κ2) is 13.1. The predicted octanol–water partition coefficient (Wildman–Crippen LogP) is -2.07. The van der Waals surface area contributed by atoms with Crippen LogP contribution in [-0.4, -0.2) is 76.4 Å². The monoisotopic (exact) mass is 418 g/mol. The summed E-state index contributed by atoms with van der Waals surface area (Å²) in [6, 6.07) is -4.83. The van der Waals surface area contributed by atoms with E-state index < -0.39 is 61.1 Å². The maximum Gasteiger partial charge on any atom is 0.328 e. The van der Waals surface area contributed by atoms with Crippen molar-refractivity contribution in [3.63, 3.8) is 0 Å². The molecule has 5 atom stereocenters. The van der Waals surface area contributed by atoms with Gasteiger partial charge in [0.2, 0.25) is 17.7 Å². The highest BCUT2D eigenvalue weighted by atomic mass is 16.4. The number of aliphatic hydroxyl groups excluding tert-OH is 2. The topological polar surface area (TPSA) is 191 Å². The second-order valence-electron chi connectivity index (χ2n) is 7.43. The van der Waals surface area contributed by atoms with Crippen LogP contribution >= 0.6 is 0 Å². The largest absolute Gasteiger partial charge is 0.480 e. The first-order valence-electron chi connectivity index (χ1n) is 9.59. The predicted molar refractivity (Wildman–Crippen MR) is 104 cm³/mol. The van der Waals surface area contributed by atoms with Crippen molar-refractivity contribution in [1.82, 2.24) is 16.0 Å². The van der Waals surface area contributed by atoms with Crippen molar-refractivity contribution < 1.29 is 34.5 Å². The lowest BCUT2D eigenvalue weighted by molar-refractivity contribution is -0.143. The molecule has 0 saturated carbocycles. The molecule has 11 nitrogen and oxygen atoms in total. The molecule has 0 aliphatic carbocycles. The Morgan fingerprint density at radius 1 is 0.862 bits per heavy atom. The number of carbonyl (C=O) groups excluding carboxylic acids is 3. The molecule has 0 saturated heterocycles. The second-order valence-corrected chi connectivity index (χ2v) is 7.43. The van der Waals surface area contributed by atoms with Gasteiger partial charge in [0.25, 0.3) is 0 Å². The molecule has 0 radical (unpaired) electrons. The quantitative estimate of drug-likeness (QED) is 0.177. The maximum atomic E-state index is 12.5. The Bertz CT molecular complexity index is 570. The summed E-state index contributed by atoms with van der Waals surface area (Å²) in [4.78, 5) is 48.1. The Morgan fingerprint density at radius 3 is 1.79 bits per heavy atom. The van der Waals surface area contributed by atoms with Crippen LogP contribution in [0.1, 0.15) is 40.5 Å². The summed E-state index contributed by atoms with van der Waals surface area (Å²) < 4.78 is 0. The molecule has 0 heterocycles. The standard InChI is InChI=1S/C18H34N4O7/c1-5-10(4)14(17(27)21-13(8-24)18(28)29)22-16(26)12(7-23)20-15(25)11(19)6-9(2)3/h9-14,23-24H,5-8,19H2,1-4H3,(H,20,25)(H,21,27)(H,22,26)(H,28,29). The lowest BCUT2D eigenvalue weighted by Gasteiger charge is -2.27. The Morgan fingerprint density at radius 2 is 1.38 bits per heavy atom. The molecule has 0 aliphatic rings. The number of rotatable bonds is 13. The third-order valence-electron chi connectivity index (χ3n) is 4.47. The van der Waals surface area contributed by atoms with Crippen molar-refractivity contribution in [2.24, 2.45) is 17.6 Å². The van der Waals surface area contributed by atoms with E-state index >= 15 is 0 Å². The molecule has 0 fully saturated rings. The highest BCUT2D eigenvalue weighted by molar-refractivity contribution is 5.94. The minimum atomic E-state index is -1.52. The molecule has 0 rings (SSSR count). The summed E-state index contributed by atoms with van der Waals surface area (Å²) in [6.45, 7) is 5.68. The van der Waals surface area contributed by atoms with Gasteiger partial charge in [-0.15, -0.1) is 0 Å². The number of amides is 3. The minimum absolute atomic E-state index is 0.157. The van der Waals surface area contributed by atoms with Gasteiger partial charge in [-0.2, -0.15) is 0 Å². The third-order valence-corrected chi connectivity index (χ3v) is 4.47. The molecule has 29 heavy (non-hydrogen) atoms. The zero-order valence-corrected chi connectivity index (χ0v) is 17.3. The summed E-state index contributed by atoms with van der Waals surface area (Å²) in [5.41, 5.74) is 5.77. The number of carboxylic acids is 1. The minimum Gasteiger partial charge on any atom is -0.480 e. The van der Waals surface area contributed by atoms with Crippen LogP contribution in [-0.2, 0) is 19.2 Å². The lowest BCUT2D eigenvalue weighted by atomic mass is 9.97. The van der Waals surface area contributed by atoms with E-state index in [2.05, 4.69) is 16.0 Å². The fourth-order valence-electron chi connectivity index (χ4n) is 2.49. The molecule has 0 bridgehead atoms. The van der Waals surface area contributed by atoms with E-state index in [1.54, 1.807) is 13.8 Å². The van der Waals surface area contributed by atoms with Gasteiger partial charge >= 0.3 is 5.97 Å². The highest BCUT2D eigenvalue weighted by Gasteiger charge is 2.32. The van der Waals surface area contributed by atoms with Crippen molar-refractivity contribution in [3.05, 3.63) is 0 Å². The van der Waals surface area contributed by atoms with E-state index in [-0.39, 0.29) is 11.8 Å². The first-order valence-corrected chi connectivity index (χ1v) is 9.59. The van der Waals surface area contributed by atoms with Gasteiger partial charge in [-0.25, -0.2) is 4.79 Å². The van der Waals surface area contributed by atoms with Gasteiger partial charge < -0.3 is 37.0 Å². The maximum absolute atomic E-state index is 12.5. The van der Waals surface area contributed by atoms with Gasteiger partial charge in [0.05, 0.1) is 19.3 Å². The SMILES string of the molecule is CCC(C)C(NC(=O)C(CO)NC(=O)C(N)CC(C)C)C(=O)NC(CO)C(=O)O. The number of aliphatic hydroxyl groups is 2. The fourth-order valence-corrected chi connectivity index (χ4v) is 2.49. The van der Waals surface area contributed by atoms with Gasteiger partial charge in [0.15, 0.2) is 0 Å². The van der Waals surface area contributed by atoms with Gasteiger partial charge in [-0.3, -0.25) is 14.4 Å². The summed E-state index contributed by atoms with van der Waals surface area (Å²) in [5, 5.41) is 34.5. The summed E-state index contributed by atoms with van der Waals surface area (Å²) in [6.07, 6.45) is 0.867. The molecule has 3 amide bonds. The van der Waals surface area contributed by atoms with Crippen LogP contribution in [0.2, 0.25) is 0 Å². The Kier molecular flexibility index (Phi) is 12.1. The molecular formula is C18H34N4O7. The van der Waals surface area contributed by atoms with Gasteiger partial charge in [0, 0.05) is 0 Å². The van der Waals surface area contributed by atoms with E-state index in [0.717, 1.165) is 0 Å². The lowest BCUT2D eigenvalue weighted by Crippen LogP contribution is -2.59. The number of nitrogens with two attached hydrogens (primary N) is 1. The van der Waals surface area contributed by atoms with Gasteiger partial charge in [0.1, 0.15) is 18.1 Å². The van der Waals surface area contributed by atoms with Gasteiger partial charge in [-0.05, 0) is 18.3 Å². The Balaban J connectivity index is 5.20. The average molecular weight is 418 g/mol. The van der Waals surface area contributed by atoms with Crippen molar-refractivity contribution in [3.8, 4) is 0 Å². The number of aliphatic carboxylic acids is 1. The molecule has 0 aromatic rings. The molecular weight excluding hydrogens is 384 g/mol. The Hall–Kier alpha value is -2.24. The molecule has 8 N–H and O–H groups in total. The van der Waals surface area contributed by atoms with E-state index in [1.807, 2.05) is 13.8 Å². The molecule has 11 heteroatoms. The van der Waals surface area contributed by atoms with E-state index in [9.17, 15) is 24.3 Å². The number of carboxylic acid groups (broad SMARTS) is 1. The number of carbonyl (C=O) groups is 4. The highest BCUT2D eigenvalue weighted by Crippen LogP contribution is 2.09. The van der Waals surface area contributed by atoms with E-state index in [4.69, 9.17) is 15.9 Å². The first-order chi connectivity index (χ1) is 13.5. The molecule has 5 unspecified atom stereocenters. The van der Waals surface area contributed by atoms with Crippen LogP contribution in [0.4, 0.5) is 0 Å². The van der Waals surface area contributed by atoms with Crippen molar-refractivity contribution in [1.29, 1.82) is 0 Å². The molecule has 168 valence electrons. The number of hydrogen-bond donors (Lipinski definition) is 7. The summed E-state index contributed by atoms with van der Waals surface area (Å²) >= 11 is 0. The first kappa shape index (κ1) is 26.8. The molecule has 0 aromatic carbocycles. The molecule has 0 aliphatic heterocycles. The van der Waals surface area contributed by atoms with E-state index in [0.29, 0.717) is 12.8 Å². The Labute approximate surface area is 170 Å². The van der Waals surface area contributed by atoms with Crippen molar-refractivity contribution in [2.75, 3.05) is 13.2 Å². The zero-order valence-electron chi connectivity index (χ0n) is 17.3.